The number of hydrogen-bond donors (Lipinski definition) is 0. The highest BCUT2D eigenvalue weighted by atomic mass is 16.6. The van der Waals surface area contributed by atoms with E-state index in [1.807, 2.05) is 20.8 Å². The number of carbonyl (C=O) groups excluding carboxylic acids is 2. The number of ether oxygens (including phenoxy) is 2. The molecule has 0 spiro atoms. The fourth-order valence-electron chi connectivity index (χ4n) is 3.69. The molecule has 4 heteroatoms. The highest BCUT2D eigenvalue weighted by molar-refractivity contribution is 5.74. The molecule has 0 aromatic rings. The van der Waals surface area contributed by atoms with E-state index in [1.54, 1.807) is 0 Å². The van der Waals surface area contributed by atoms with Crippen molar-refractivity contribution < 1.29 is 19.1 Å². The SMILES string of the molecule is CC(C)CCCCC(C)C(CC(=O)OC(C)(C)C)OC(=O)C1CCCCC1. The van der Waals surface area contributed by atoms with Gasteiger partial charge in [0.2, 0.25) is 0 Å². The molecule has 1 fully saturated rings. The standard InChI is InChI=1S/C23H42O4/c1-17(2)12-10-11-13-18(3)20(16-21(24)27-23(4,5)6)26-22(25)19-14-8-7-9-15-19/h17-20H,7-16H2,1-6H3. The molecule has 27 heavy (non-hydrogen) atoms. The van der Waals surface area contributed by atoms with Gasteiger partial charge in [-0.05, 0) is 51.9 Å². The number of hydrogen-bond acceptors (Lipinski definition) is 4. The van der Waals surface area contributed by atoms with Gasteiger partial charge in [0.25, 0.3) is 0 Å². The molecule has 4 nitrogen and oxygen atoms in total. The van der Waals surface area contributed by atoms with Crippen LogP contribution in [0.5, 0.6) is 0 Å². The molecule has 1 saturated carbocycles. The van der Waals surface area contributed by atoms with Gasteiger partial charge in [0.15, 0.2) is 0 Å². The van der Waals surface area contributed by atoms with Crippen LogP contribution in [0.1, 0.15) is 106 Å². The number of esters is 2. The lowest BCUT2D eigenvalue weighted by Gasteiger charge is -2.28. The van der Waals surface area contributed by atoms with Crippen LogP contribution in [0.2, 0.25) is 0 Å². The maximum Gasteiger partial charge on any atom is 0.310 e. The molecule has 1 aliphatic rings. The first-order valence-corrected chi connectivity index (χ1v) is 11.0. The average Bonchev–Trinajstić information content (AvgIpc) is 2.56. The highest BCUT2D eigenvalue weighted by Gasteiger charge is 2.30. The summed E-state index contributed by atoms with van der Waals surface area (Å²) in [5.74, 6) is 0.488. The maximum atomic E-state index is 12.6. The molecule has 0 amide bonds. The molecule has 0 saturated heterocycles. The summed E-state index contributed by atoms with van der Waals surface area (Å²) >= 11 is 0. The first-order chi connectivity index (χ1) is 12.6. The van der Waals surface area contributed by atoms with E-state index >= 15 is 0 Å². The third kappa shape index (κ3) is 10.8. The largest absolute Gasteiger partial charge is 0.461 e. The van der Waals surface area contributed by atoms with Crippen LogP contribution in [0, 0.1) is 17.8 Å². The molecule has 2 atom stereocenters. The zero-order valence-electron chi connectivity index (χ0n) is 18.5. The monoisotopic (exact) mass is 382 g/mol. The van der Waals surface area contributed by atoms with Crippen molar-refractivity contribution in [3.63, 3.8) is 0 Å². The van der Waals surface area contributed by atoms with E-state index in [0.29, 0.717) is 5.92 Å². The molecule has 0 radical (unpaired) electrons. The summed E-state index contributed by atoms with van der Waals surface area (Å²) in [7, 11) is 0. The van der Waals surface area contributed by atoms with Gasteiger partial charge < -0.3 is 9.47 Å². The van der Waals surface area contributed by atoms with Gasteiger partial charge in [0.05, 0.1) is 12.3 Å². The number of rotatable bonds is 10. The van der Waals surface area contributed by atoms with E-state index in [2.05, 4.69) is 20.8 Å². The van der Waals surface area contributed by atoms with Gasteiger partial charge in [-0.3, -0.25) is 9.59 Å². The van der Waals surface area contributed by atoms with Crippen molar-refractivity contribution in [2.24, 2.45) is 17.8 Å². The van der Waals surface area contributed by atoms with Crippen molar-refractivity contribution in [2.45, 2.75) is 117 Å². The maximum absolute atomic E-state index is 12.6. The molecule has 1 rings (SSSR count). The van der Waals surface area contributed by atoms with Gasteiger partial charge in [0.1, 0.15) is 11.7 Å². The van der Waals surface area contributed by atoms with Crippen LogP contribution in [0.3, 0.4) is 0 Å². The Balaban J connectivity index is 2.63. The minimum atomic E-state index is -0.518. The third-order valence-electron chi connectivity index (χ3n) is 5.32. The van der Waals surface area contributed by atoms with Crippen LogP contribution >= 0.6 is 0 Å². The van der Waals surface area contributed by atoms with Crippen molar-refractivity contribution in [1.82, 2.24) is 0 Å². The van der Waals surface area contributed by atoms with E-state index in [9.17, 15) is 9.59 Å². The minimum absolute atomic E-state index is 0.00743. The van der Waals surface area contributed by atoms with Crippen molar-refractivity contribution in [2.75, 3.05) is 0 Å². The Kier molecular flexibility index (Phi) is 10.4. The summed E-state index contributed by atoms with van der Waals surface area (Å²) in [4.78, 5) is 25.0. The van der Waals surface area contributed by atoms with Crippen molar-refractivity contribution in [1.29, 1.82) is 0 Å². The molecule has 0 N–H and O–H groups in total. The van der Waals surface area contributed by atoms with E-state index in [0.717, 1.165) is 38.5 Å². The second kappa shape index (κ2) is 11.7. The van der Waals surface area contributed by atoms with Crippen LogP contribution in [0.4, 0.5) is 0 Å². The van der Waals surface area contributed by atoms with Gasteiger partial charge in [-0.1, -0.05) is 59.3 Å². The Morgan fingerprint density at radius 3 is 2.11 bits per heavy atom. The molecule has 0 heterocycles. The highest BCUT2D eigenvalue weighted by Crippen LogP contribution is 2.28. The summed E-state index contributed by atoms with van der Waals surface area (Å²) in [6.45, 7) is 12.2. The predicted molar refractivity (Wildman–Crippen MR) is 109 cm³/mol. The second-order valence-corrected chi connectivity index (χ2v) is 9.76. The second-order valence-electron chi connectivity index (χ2n) is 9.76. The normalized spacial score (nSPS) is 18.2. The molecule has 2 unspecified atom stereocenters. The zero-order chi connectivity index (χ0) is 20.4. The predicted octanol–water partition coefficient (Wildman–Crippen LogP) is 6.06. The lowest BCUT2D eigenvalue weighted by Crippen LogP contribution is -2.34. The number of carbonyl (C=O) groups is 2. The molecular weight excluding hydrogens is 340 g/mol. The Hall–Kier alpha value is -1.06. The summed E-state index contributed by atoms with van der Waals surface area (Å²) in [5.41, 5.74) is -0.518. The minimum Gasteiger partial charge on any atom is -0.461 e. The molecule has 1 aliphatic carbocycles. The van der Waals surface area contributed by atoms with Crippen LogP contribution in [0.15, 0.2) is 0 Å². The molecular formula is C23H42O4. The number of unbranched alkanes of at least 4 members (excludes halogenated alkanes) is 1. The Morgan fingerprint density at radius 1 is 0.963 bits per heavy atom. The van der Waals surface area contributed by atoms with Crippen LogP contribution in [-0.4, -0.2) is 23.6 Å². The summed E-state index contributed by atoms with van der Waals surface area (Å²) in [6, 6.07) is 0. The van der Waals surface area contributed by atoms with Crippen molar-refractivity contribution >= 4 is 11.9 Å². The molecule has 0 aliphatic heterocycles. The molecule has 0 aromatic heterocycles. The topological polar surface area (TPSA) is 52.6 Å². The van der Waals surface area contributed by atoms with Crippen molar-refractivity contribution in [3.8, 4) is 0 Å². The van der Waals surface area contributed by atoms with Crippen LogP contribution in [-0.2, 0) is 19.1 Å². The fraction of sp³-hybridized carbons (Fsp3) is 0.913. The summed E-state index contributed by atoms with van der Waals surface area (Å²) < 4.78 is 11.3. The van der Waals surface area contributed by atoms with Gasteiger partial charge in [-0.25, -0.2) is 0 Å². The van der Waals surface area contributed by atoms with Gasteiger partial charge in [-0.2, -0.15) is 0 Å². The average molecular weight is 383 g/mol. The van der Waals surface area contributed by atoms with E-state index < -0.39 is 5.60 Å². The lowest BCUT2D eigenvalue weighted by atomic mass is 9.89. The molecule has 0 aromatic carbocycles. The van der Waals surface area contributed by atoms with Crippen LogP contribution in [0.25, 0.3) is 0 Å². The quantitative estimate of drug-likeness (QED) is 0.340. The molecule has 158 valence electrons. The first kappa shape index (κ1) is 24.0. The summed E-state index contributed by atoms with van der Waals surface area (Å²) in [6.07, 6.45) is 9.47. The fourth-order valence-corrected chi connectivity index (χ4v) is 3.69. The van der Waals surface area contributed by atoms with Crippen LogP contribution < -0.4 is 0 Å². The smallest absolute Gasteiger partial charge is 0.310 e. The lowest BCUT2D eigenvalue weighted by molar-refractivity contribution is -0.166. The van der Waals surface area contributed by atoms with Gasteiger partial charge in [0, 0.05) is 0 Å². The summed E-state index contributed by atoms with van der Waals surface area (Å²) in [5, 5.41) is 0. The van der Waals surface area contributed by atoms with Gasteiger partial charge in [-0.15, -0.1) is 0 Å². The van der Waals surface area contributed by atoms with Crippen molar-refractivity contribution in [3.05, 3.63) is 0 Å². The Morgan fingerprint density at radius 2 is 1.56 bits per heavy atom. The van der Waals surface area contributed by atoms with E-state index in [1.165, 1.54) is 19.3 Å². The third-order valence-corrected chi connectivity index (χ3v) is 5.32. The zero-order valence-corrected chi connectivity index (χ0v) is 18.5. The first-order valence-electron chi connectivity index (χ1n) is 11.0. The van der Waals surface area contributed by atoms with Gasteiger partial charge >= 0.3 is 11.9 Å². The Bertz CT molecular complexity index is 444. The van der Waals surface area contributed by atoms with E-state index in [4.69, 9.17) is 9.47 Å². The Labute approximate surface area is 166 Å². The molecule has 0 bridgehead atoms. The van der Waals surface area contributed by atoms with E-state index in [-0.39, 0.29) is 36.3 Å².